The van der Waals surface area contributed by atoms with Crippen molar-refractivity contribution < 1.29 is 4.52 Å². The number of aromatic nitrogens is 7. The number of rotatable bonds is 5. The van der Waals surface area contributed by atoms with Crippen molar-refractivity contribution in [3.8, 4) is 28.1 Å². The summed E-state index contributed by atoms with van der Waals surface area (Å²) in [5.74, 6) is 1.44. The smallest absolute Gasteiger partial charge is 0.147 e. The fraction of sp³-hybridized carbons (Fsp3) is 0.0952. The fourth-order valence-corrected chi connectivity index (χ4v) is 3.22. The maximum absolute atomic E-state index is 5.25. The second-order valence-electron chi connectivity index (χ2n) is 6.82. The number of hydrogen-bond acceptors (Lipinski definition) is 7. The number of nitrogens with zero attached hydrogens (tertiary/aromatic N) is 6. The Morgan fingerprint density at radius 2 is 1.90 bits per heavy atom. The number of hydrogen-bond donors (Lipinski definition) is 2. The van der Waals surface area contributed by atoms with E-state index in [0.717, 1.165) is 45.3 Å². The van der Waals surface area contributed by atoms with Crippen molar-refractivity contribution >= 4 is 11.5 Å². The van der Waals surface area contributed by atoms with Crippen LogP contribution in [0.2, 0.25) is 0 Å². The van der Waals surface area contributed by atoms with E-state index >= 15 is 0 Å². The van der Waals surface area contributed by atoms with Crippen molar-refractivity contribution in [2.75, 3.05) is 5.32 Å². The van der Waals surface area contributed by atoms with Crippen molar-refractivity contribution in [3.05, 3.63) is 72.9 Å². The average molecular weight is 398 g/mol. The molecular formula is C21H18N8O. The Balaban J connectivity index is 1.40. The lowest BCUT2D eigenvalue weighted by Crippen LogP contribution is -1.97. The van der Waals surface area contributed by atoms with Crippen molar-refractivity contribution in [3.63, 3.8) is 0 Å². The van der Waals surface area contributed by atoms with Gasteiger partial charge in [0.2, 0.25) is 0 Å². The van der Waals surface area contributed by atoms with Gasteiger partial charge in [-0.25, -0.2) is 14.6 Å². The standard InChI is InChI=1S/C21H18N8O/c1-13-18(10-24-26-13)19-11-30-28-21(19)15-7-8-22-20(9-15)25-16-3-5-17(6-4-16)29-12-23-14(2)27-29/h3-12H,1-2H3,(H,22,25)(H,24,26). The summed E-state index contributed by atoms with van der Waals surface area (Å²) in [7, 11) is 0. The molecule has 4 aromatic heterocycles. The minimum Gasteiger partial charge on any atom is -0.363 e. The summed E-state index contributed by atoms with van der Waals surface area (Å²) in [6.45, 7) is 3.82. The van der Waals surface area contributed by atoms with Gasteiger partial charge in [0.1, 0.15) is 29.9 Å². The van der Waals surface area contributed by atoms with E-state index in [1.165, 1.54) is 0 Å². The zero-order valence-electron chi connectivity index (χ0n) is 16.4. The molecule has 0 fully saturated rings. The summed E-state index contributed by atoms with van der Waals surface area (Å²) < 4.78 is 6.99. The van der Waals surface area contributed by atoms with Gasteiger partial charge >= 0.3 is 0 Å². The van der Waals surface area contributed by atoms with Crippen LogP contribution in [0, 0.1) is 13.8 Å². The molecule has 0 aliphatic heterocycles. The first kappa shape index (κ1) is 17.8. The van der Waals surface area contributed by atoms with Gasteiger partial charge in [-0.15, -0.1) is 0 Å². The molecule has 2 N–H and O–H groups in total. The number of anilines is 2. The Morgan fingerprint density at radius 1 is 1.03 bits per heavy atom. The molecule has 148 valence electrons. The van der Waals surface area contributed by atoms with E-state index in [2.05, 4.69) is 35.7 Å². The molecule has 1 aromatic carbocycles. The molecule has 0 atom stereocenters. The summed E-state index contributed by atoms with van der Waals surface area (Å²) in [5, 5.41) is 18.9. The van der Waals surface area contributed by atoms with E-state index in [1.807, 2.05) is 50.2 Å². The highest BCUT2D eigenvalue weighted by Gasteiger charge is 2.16. The van der Waals surface area contributed by atoms with Gasteiger partial charge < -0.3 is 9.84 Å². The molecule has 0 unspecified atom stereocenters. The predicted octanol–water partition coefficient (Wildman–Crippen LogP) is 4.07. The third-order valence-corrected chi connectivity index (χ3v) is 4.73. The van der Waals surface area contributed by atoms with Crippen molar-refractivity contribution in [1.29, 1.82) is 0 Å². The van der Waals surface area contributed by atoms with E-state index in [4.69, 9.17) is 4.52 Å². The molecule has 0 spiro atoms. The summed E-state index contributed by atoms with van der Waals surface area (Å²) in [4.78, 5) is 8.58. The summed E-state index contributed by atoms with van der Waals surface area (Å²) >= 11 is 0. The van der Waals surface area contributed by atoms with Gasteiger partial charge in [-0.3, -0.25) is 5.10 Å². The first-order valence-electron chi connectivity index (χ1n) is 9.34. The predicted molar refractivity (Wildman–Crippen MR) is 111 cm³/mol. The molecule has 0 amide bonds. The normalized spacial score (nSPS) is 11.0. The molecule has 0 aliphatic rings. The Kier molecular flexibility index (Phi) is 4.32. The largest absolute Gasteiger partial charge is 0.363 e. The highest BCUT2D eigenvalue weighted by atomic mass is 16.5. The van der Waals surface area contributed by atoms with Crippen LogP contribution in [0.25, 0.3) is 28.1 Å². The van der Waals surface area contributed by atoms with Crippen LogP contribution >= 0.6 is 0 Å². The topological polar surface area (TPSA) is 110 Å². The molecule has 9 nitrogen and oxygen atoms in total. The molecule has 0 aliphatic carbocycles. The number of benzene rings is 1. The number of aromatic amines is 1. The fourth-order valence-electron chi connectivity index (χ4n) is 3.22. The van der Waals surface area contributed by atoms with Gasteiger partial charge in [-0.05, 0) is 50.2 Å². The van der Waals surface area contributed by atoms with Gasteiger partial charge in [0.25, 0.3) is 0 Å². The maximum atomic E-state index is 5.25. The molecule has 4 heterocycles. The Labute approximate surface area is 171 Å². The Morgan fingerprint density at radius 3 is 2.63 bits per heavy atom. The summed E-state index contributed by atoms with van der Waals surface area (Å²) in [6.07, 6.45) is 6.83. The van der Waals surface area contributed by atoms with Crippen LogP contribution in [-0.4, -0.2) is 35.1 Å². The molecule has 5 rings (SSSR count). The van der Waals surface area contributed by atoms with Crippen LogP contribution in [0.5, 0.6) is 0 Å². The number of aryl methyl sites for hydroxylation is 2. The lowest BCUT2D eigenvalue weighted by molar-refractivity contribution is 0.422. The lowest BCUT2D eigenvalue weighted by atomic mass is 10.0. The maximum Gasteiger partial charge on any atom is 0.147 e. The highest BCUT2D eigenvalue weighted by Crippen LogP contribution is 2.33. The zero-order valence-corrected chi connectivity index (χ0v) is 16.4. The molecule has 30 heavy (non-hydrogen) atoms. The summed E-state index contributed by atoms with van der Waals surface area (Å²) in [6, 6.07) is 11.7. The monoisotopic (exact) mass is 398 g/mol. The van der Waals surface area contributed by atoms with E-state index in [0.29, 0.717) is 5.82 Å². The molecule has 0 saturated heterocycles. The minimum atomic E-state index is 0.703. The van der Waals surface area contributed by atoms with Crippen LogP contribution in [0.1, 0.15) is 11.5 Å². The van der Waals surface area contributed by atoms with E-state index in [9.17, 15) is 0 Å². The third-order valence-electron chi connectivity index (χ3n) is 4.73. The molecular weight excluding hydrogens is 380 g/mol. The third kappa shape index (κ3) is 3.32. The quantitative estimate of drug-likeness (QED) is 0.459. The van der Waals surface area contributed by atoms with Gasteiger partial charge in [-0.1, -0.05) is 5.16 Å². The summed E-state index contributed by atoms with van der Waals surface area (Å²) in [5.41, 5.74) is 6.27. The first-order chi connectivity index (χ1) is 14.7. The van der Waals surface area contributed by atoms with Crippen LogP contribution < -0.4 is 5.32 Å². The zero-order chi connectivity index (χ0) is 20.5. The molecule has 0 saturated carbocycles. The van der Waals surface area contributed by atoms with Crippen LogP contribution in [-0.2, 0) is 0 Å². The SMILES string of the molecule is Cc1ncn(-c2ccc(Nc3cc(-c4nocc4-c4cn[nH]c4C)ccn3)cc2)n1. The van der Waals surface area contributed by atoms with Crippen LogP contribution in [0.3, 0.4) is 0 Å². The van der Waals surface area contributed by atoms with Crippen LogP contribution in [0.15, 0.2) is 65.9 Å². The minimum absolute atomic E-state index is 0.703. The highest BCUT2D eigenvalue weighted by molar-refractivity contribution is 5.81. The van der Waals surface area contributed by atoms with Gasteiger partial charge in [-0.2, -0.15) is 10.2 Å². The molecule has 5 aromatic rings. The van der Waals surface area contributed by atoms with Crippen LogP contribution in [0.4, 0.5) is 11.5 Å². The lowest BCUT2D eigenvalue weighted by Gasteiger charge is -2.08. The van der Waals surface area contributed by atoms with E-state index in [1.54, 1.807) is 29.7 Å². The van der Waals surface area contributed by atoms with E-state index < -0.39 is 0 Å². The Hall–Kier alpha value is -4.27. The number of H-pyrrole nitrogens is 1. The van der Waals surface area contributed by atoms with Gasteiger partial charge in [0.05, 0.1) is 17.4 Å². The van der Waals surface area contributed by atoms with Crippen molar-refractivity contribution in [2.24, 2.45) is 0 Å². The molecule has 9 heteroatoms. The number of nitrogens with one attached hydrogen (secondary N) is 2. The Bertz CT molecular complexity index is 1300. The first-order valence-corrected chi connectivity index (χ1v) is 9.34. The average Bonchev–Trinajstić information content (AvgIpc) is 3.49. The molecule has 0 bridgehead atoms. The van der Waals surface area contributed by atoms with Gasteiger partial charge in [0, 0.05) is 28.7 Å². The van der Waals surface area contributed by atoms with E-state index in [-0.39, 0.29) is 0 Å². The molecule has 0 radical (unpaired) electrons. The second-order valence-corrected chi connectivity index (χ2v) is 6.82. The van der Waals surface area contributed by atoms with Gasteiger partial charge in [0.15, 0.2) is 0 Å². The second kappa shape index (κ2) is 7.28. The van der Waals surface area contributed by atoms with Crippen molar-refractivity contribution in [1.82, 2.24) is 35.1 Å². The van der Waals surface area contributed by atoms with Crippen molar-refractivity contribution in [2.45, 2.75) is 13.8 Å². The number of pyridine rings is 1.